The molecule has 0 saturated carbocycles. The zero-order valence-electron chi connectivity index (χ0n) is 28.7. The maximum absolute atomic E-state index is 10.9. The normalized spacial score (nSPS) is 11.3. The molecule has 0 aliphatic rings. The predicted octanol–water partition coefficient (Wildman–Crippen LogP) is 1.44. The molecule has 0 aliphatic heterocycles. The monoisotopic (exact) mass is 694 g/mol. The van der Waals surface area contributed by atoms with Crippen molar-refractivity contribution < 1.29 is 71.1 Å². The molecule has 15 heteroatoms. The second-order valence-corrected chi connectivity index (χ2v) is 9.53. The van der Waals surface area contributed by atoms with Gasteiger partial charge in [0.2, 0.25) is 0 Å². The number of ether oxygens (including phenoxy) is 14. The van der Waals surface area contributed by atoms with Crippen LogP contribution in [0, 0.1) is 0 Å². The highest BCUT2D eigenvalue weighted by Crippen LogP contribution is 2.07. The van der Waals surface area contributed by atoms with Crippen molar-refractivity contribution in [3.05, 3.63) is 30.3 Å². The Hall–Kier alpha value is -1.99. The molecule has 0 spiro atoms. The molecule has 0 amide bonds. The van der Waals surface area contributed by atoms with Crippen molar-refractivity contribution in [2.24, 2.45) is 0 Å². The van der Waals surface area contributed by atoms with Crippen LogP contribution in [-0.2, 0) is 66.4 Å². The van der Waals surface area contributed by atoms with Crippen molar-refractivity contribution in [1.82, 2.24) is 0 Å². The van der Waals surface area contributed by atoms with E-state index in [2.05, 4.69) is 4.74 Å². The third-order valence-corrected chi connectivity index (χ3v) is 5.78. The Morgan fingerprint density at radius 1 is 0.375 bits per heavy atom. The van der Waals surface area contributed by atoms with E-state index in [1.165, 1.54) is 7.11 Å². The Morgan fingerprint density at radius 2 is 0.625 bits per heavy atom. The molecule has 0 N–H and O–H groups in total. The van der Waals surface area contributed by atoms with Gasteiger partial charge in [-0.05, 0) is 12.1 Å². The van der Waals surface area contributed by atoms with E-state index in [1.807, 2.05) is 30.3 Å². The van der Waals surface area contributed by atoms with Gasteiger partial charge in [0.05, 0.1) is 159 Å². The molecule has 0 aliphatic carbocycles. The molecule has 48 heavy (non-hydrogen) atoms. The smallest absolute Gasteiger partial charge is 0.331 e. The molecule has 0 unspecified atom stereocenters. The number of para-hydroxylation sites is 1. The zero-order valence-corrected chi connectivity index (χ0v) is 28.7. The molecular weight excluding hydrogens is 636 g/mol. The molecule has 15 nitrogen and oxygen atoms in total. The molecule has 280 valence electrons. The second kappa shape index (κ2) is 37.8. The Labute approximate surface area is 285 Å². The first-order chi connectivity index (χ1) is 23.8. The summed E-state index contributed by atoms with van der Waals surface area (Å²) in [6.45, 7) is 11.5. The van der Waals surface area contributed by atoms with Crippen LogP contribution in [-0.4, -0.2) is 178 Å². The summed E-state index contributed by atoms with van der Waals surface area (Å²) in [5.74, 6) is 0.431. The number of rotatable bonds is 39. The number of hydrogen-bond donors (Lipinski definition) is 0. The Bertz CT molecular complexity index is 775. The standard InChI is InChI=1S/C33H58O15/c1-35-33(34)31-47-28-27-45-24-23-43-20-19-41-16-15-39-12-11-37-8-7-36-9-10-38-13-14-40-17-18-42-21-22-44-25-26-46-29-30-48-32-5-3-2-4-6-32/h2-6H,7-31H2,1H3. The Balaban J connectivity index is 1.61. The minimum absolute atomic E-state index is 0.0719. The quantitative estimate of drug-likeness (QED) is 0.0723. The summed E-state index contributed by atoms with van der Waals surface area (Å²) in [6, 6.07) is 9.66. The van der Waals surface area contributed by atoms with Crippen LogP contribution in [0.1, 0.15) is 0 Å². The van der Waals surface area contributed by atoms with Gasteiger partial charge in [-0.2, -0.15) is 0 Å². The summed E-state index contributed by atoms with van der Waals surface area (Å²) in [5.41, 5.74) is 0. The maximum atomic E-state index is 10.9. The molecule has 0 fully saturated rings. The van der Waals surface area contributed by atoms with Crippen LogP contribution >= 0.6 is 0 Å². The van der Waals surface area contributed by atoms with Gasteiger partial charge in [-0.3, -0.25) is 0 Å². The second-order valence-electron chi connectivity index (χ2n) is 9.53. The molecule has 1 aromatic carbocycles. The van der Waals surface area contributed by atoms with Crippen LogP contribution in [0.2, 0.25) is 0 Å². The Morgan fingerprint density at radius 3 is 0.896 bits per heavy atom. The van der Waals surface area contributed by atoms with Crippen LogP contribution in [0.15, 0.2) is 30.3 Å². The highest BCUT2D eigenvalue weighted by atomic mass is 16.6. The Kier molecular flexibility index (Phi) is 34.7. The van der Waals surface area contributed by atoms with E-state index in [4.69, 9.17) is 61.6 Å². The predicted molar refractivity (Wildman–Crippen MR) is 174 cm³/mol. The molecule has 0 saturated heterocycles. The summed E-state index contributed by atoms with van der Waals surface area (Å²) in [5, 5.41) is 0. The lowest BCUT2D eigenvalue weighted by Crippen LogP contribution is -2.16. The highest BCUT2D eigenvalue weighted by Gasteiger charge is 2.00. The van der Waals surface area contributed by atoms with E-state index in [9.17, 15) is 4.79 Å². The van der Waals surface area contributed by atoms with Gasteiger partial charge < -0.3 is 66.3 Å². The van der Waals surface area contributed by atoms with Crippen molar-refractivity contribution in [3.8, 4) is 5.75 Å². The minimum atomic E-state index is -0.409. The van der Waals surface area contributed by atoms with Gasteiger partial charge in [-0.25, -0.2) is 4.79 Å². The third-order valence-electron chi connectivity index (χ3n) is 5.78. The van der Waals surface area contributed by atoms with E-state index in [0.29, 0.717) is 159 Å². The van der Waals surface area contributed by atoms with Crippen LogP contribution in [0.4, 0.5) is 0 Å². The van der Waals surface area contributed by atoms with Crippen LogP contribution in [0.25, 0.3) is 0 Å². The van der Waals surface area contributed by atoms with Gasteiger partial charge in [0.1, 0.15) is 19.0 Å². The van der Waals surface area contributed by atoms with Gasteiger partial charge in [0.15, 0.2) is 0 Å². The van der Waals surface area contributed by atoms with Crippen molar-refractivity contribution in [2.45, 2.75) is 0 Å². The highest BCUT2D eigenvalue weighted by molar-refractivity contribution is 5.70. The first kappa shape index (κ1) is 44.0. The minimum Gasteiger partial charge on any atom is -0.491 e. The number of hydrogen-bond acceptors (Lipinski definition) is 15. The van der Waals surface area contributed by atoms with Gasteiger partial charge >= 0.3 is 5.97 Å². The van der Waals surface area contributed by atoms with Gasteiger partial charge in [-0.15, -0.1) is 0 Å². The summed E-state index contributed by atoms with van der Waals surface area (Å²) in [4.78, 5) is 10.9. The molecule has 0 heterocycles. The molecule has 1 rings (SSSR count). The first-order valence-electron chi connectivity index (χ1n) is 16.5. The van der Waals surface area contributed by atoms with Crippen LogP contribution < -0.4 is 4.74 Å². The first-order valence-corrected chi connectivity index (χ1v) is 16.5. The fraction of sp³-hybridized carbons (Fsp3) is 0.788. The SMILES string of the molecule is COC(=O)COCCOCCOCCOCCOCCOCCOCCOCCOCCOCCOCCOCCOc1ccccc1. The maximum Gasteiger partial charge on any atom is 0.331 e. The summed E-state index contributed by atoms with van der Waals surface area (Å²) in [7, 11) is 1.31. The molecule has 0 bridgehead atoms. The lowest BCUT2D eigenvalue weighted by Gasteiger charge is -2.09. The number of carbonyl (C=O) groups is 1. The van der Waals surface area contributed by atoms with Crippen molar-refractivity contribution in [2.75, 3.05) is 172 Å². The van der Waals surface area contributed by atoms with Crippen LogP contribution in [0.5, 0.6) is 5.75 Å². The van der Waals surface area contributed by atoms with Gasteiger partial charge in [0, 0.05) is 0 Å². The van der Waals surface area contributed by atoms with Crippen molar-refractivity contribution in [1.29, 1.82) is 0 Å². The summed E-state index contributed by atoms with van der Waals surface area (Å²) >= 11 is 0. The molecule has 1 aromatic rings. The van der Waals surface area contributed by atoms with Crippen molar-refractivity contribution >= 4 is 5.97 Å². The van der Waals surface area contributed by atoms with E-state index in [0.717, 1.165) is 5.75 Å². The number of benzene rings is 1. The topological polar surface area (TPSA) is 146 Å². The number of carbonyl (C=O) groups excluding carboxylic acids is 1. The fourth-order valence-corrected chi connectivity index (χ4v) is 3.37. The van der Waals surface area contributed by atoms with E-state index in [1.54, 1.807) is 0 Å². The van der Waals surface area contributed by atoms with Crippen LogP contribution in [0.3, 0.4) is 0 Å². The largest absolute Gasteiger partial charge is 0.491 e. The average Bonchev–Trinajstić information content (AvgIpc) is 3.11. The van der Waals surface area contributed by atoms with E-state index in [-0.39, 0.29) is 6.61 Å². The number of methoxy groups -OCH3 is 1. The average molecular weight is 695 g/mol. The van der Waals surface area contributed by atoms with Crippen molar-refractivity contribution in [3.63, 3.8) is 0 Å². The van der Waals surface area contributed by atoms with Gasteiger partial charge in [0.25, 0.3) is 0 Å². The molecule has 0 radical (unpaired) electrons. The lowest BCUT2D eigenvalue weighted by molar-refractivity contribution is -0.146. The molecule has 0 atom stereocenters. The molecule has 0 aromatic heterocycles. The molecular formula is C33H58O15. The number of esters is 1. The van der Waals surface area contributed by atoms with E-state index >= 15 is 0 Å². The fourth-order valence-electron chi connectivity index (χ4n) is 3.37. The zero-order chi connectivity index (χ0) is 34.3. The van der Waals surface area contributed by atoms with Gasteiger partial charge in [-0.1, -0.05) is 18.2 Å². The summed E-state index contributed by atoms with van der Waals surface area (Å²) < 4.78 is 75.0. The van der Waals surface area contributed by atoms with E-state index < -0.39 is 5.97 Å². The summed E-state index contributed by atoms with van der Waals surface area (Å²) in [6.07, 6.45) is 0. The third kappa shape index (κ3) is 33.9. The lowest BCUT2D eigenvalue weighted by atomic mass is 10.3.